The number of carbonyl (C=O) groups is 2. The zero-order chi connectivity index (χ0) is 26.9. The average molecular weight is 523 g/mol. The molecule has 0 spiro atoms. The monoisotopic (exact) mass is 522 g/mol. The number of methoxy groups -OCH3 is 1. The quantitative estimate of drug-likeness (QED) is 0.128. The molecule has 194 valence electrons. The van der Waals surface area contributed by atoms with Crippen molar-refractivity contribution in [3.63, 3.8) is 0 Å². The van der Waals surface area contributed by atoms with Crippen LogP contribution in [-0.4, -0.2) is 24.0 Å². The average Bonchev–Trinajstić information content (AvgIpc) is 3.30. The number of hydrogen-bond acceptors (Lipinski definition) is 8. The highest BCUT2D eigenvalue weighted by Crippen LogP contribution is 2.32. The first kappa shape index (κ1) is 27.7. The molecule has 1 atom stereocenters. The summed E-state index contributed by atoms with van der Waals surface area (Å²) in [6.07, 6.45) is 6.66. The van der Waals surface area contributed by atoms with Crippen molar-refractivity contribution in [2.24, 2.45) is 0 Å². The van der Waals surface area contributed by atoms with Gasteiger partial charge in [0.25, 0.3) is 0 Å². The number of carbonyl (C=O) groups excluding carboxylic acids is 2. The lowest BCUT2D eigenvalue weighted by Crippen LogP contribution is -2.16. The predicted molar refractivity (Wildman–Crippen MR) is 144 cm³/mol. The van der Waals surface area contributed by atoms with Crippen molar-refractivity contribution in [3.05, 3.63) is 92.4 Å². The van der Waals surface area contributed by atoms with Crippen LogP contribution in [0.1, 0.15) is 65.6 Å². The van der Waals surface area contributed by atoms with Crippen LogP contribution in [0, 0.1) is 6.92 Å². The molecule has 0 radical (unpaired) electrons. The van der Waals surface area contributed by atoms with Crippen LogP contribution in [0.2, 0.25) is 0 Å². The Bertz CT molecular complexity index is 1360. The van der Waals surface area contributed by atoms with Gasteiger partial charge in [-0.05, 0) is 62.6 Å². The lowest BCUT2D eigenvalue weighted by Gasteiger charge is -2.11. The van der Waals surface area contributed by atoms with Crippen molar-refractivity contribution in [1.29, 1.82) is 0 Å². The van der Waals surface area contributed by atoms with Crippen LogP contribution in [0.25, 0.3) is 6.08 Å². The number of aromatic hydroxyl groups is 1. The van der Waals surface area contributed by atoms with Gasteiger partial charge in [0, 0.05) is 16.9 Å². The van der Waals surface area contributed by atoms with Crippen LogP contribution in [0.5, 0.6) is 16.6 Å². The molecule has 0 aliphatic carbocycles. The maximum Gasteiger partial charge on any atom is 0.351 e. The molecule has 7 nitrogen and oxygen atoms in total. The minimum absolute atomic E-state index is 0.180. The molecule has 3 aromatic rings. The minimum Gasteiger partial charge on any atom is -0.507 e. The fraction of sp³-hybridized carbons (Fsp3) is 0.276. The summed E-state index contributed by atoms with van der Waals surface area (Å²) >= 11 is 1.36. The van der Waals surface area contributed by atoms with Gasteiger partial charge in [-0.15, -0.1) is 0 Å². The van der Waals surface area contributed by atoms with E-state index < -0.39 is 22.7 Å². The van der Waals surface area contributed by atoms with E-state index >= 15 is 0 Å². The molecule has 0 amide bonds. The fourth-order valence-corrected chi connectivity index (χ4v) is 4.36. The van der Waals surface area contributed by atoms with Gasteiger partial charge in [-0.3, -0.25) is 9.59 Å². The summed E-state index contributed by atoms with van der Waals surface area (Å²) in [5.41, 5.74) is 0.143. The predicted octanol–water partition coefficient (Wildman–Crippen LogP) is 6.80. The molecule has 0 fully saturated rings. The zero-order valence-electron chi connectivity index (χ0n) is 21.3. The van der Waals surface area contributed by atoms with Crippen molar-refractivity contribution >= 4 is 29.2 Å². The molecule has 0 saturated heterocycles. The summed E-state index contributed by atoms with van der Waals surface area (Å²) in [5.74, 6) is -0.513. The zero-order valence-corrected chi connectivity index (χ0v) is 22.1. The number of allylic oxidation sites excluding steroid dienone is 2. The molecule has 1 unspecified atom stereocenters. The first-order valence-electron chi connectivity index (χ1n) is 11.8. The molecule has 1 aromatic carbocycles. The number of Topliss-reactive ketones (excluding diaryl/α,β-unsaturated/α-hetero) is 1. The summed E-state index contributed by atoms with van der Waals surface area (Å²) in [6.45, 7) is 5.43. The topological polar surface area (TPSA) is 103 Å². The van der Waals surface area contributed by atoms with Crippen LogP contribution >= 0.6 is 11.3 Å². The molecule has 0 bridgehead atoms. The van der Waals surface area contributed by atoms with E-state index in [4.69, 9.17) is 9.15 Å². The number of aryl methyl sites for hydroxylation is 1. The van der Waals surface area contributed by atoms with E-state index in [-0.39, 0.29) is 23.9 Å². The Labute approximate surface area is 219 Å². The Morgan fingerprint density at radius 3 is 2.54 bits per heavy atom. The van der Waals surface area contributed by atoms with Gasteiger partial charge in [0.1, 0.15) is 22.8 Å². The highest BCUT2D eigenvalue weighted by molar-refractivity contribution is 7.14. The minimum atomic E-state index is -0.879. The second-order valence-corrected chi connectivity index (χ2v) is 9.73. The van der Waals surface area contributed by atoms with Gasteiger partial charge in [0.2, 0.25) is 0 Å². The van der Waals surface area contributed by atoms with Crippen molar-refractivity contribution in [2.75, 3.05) is 7.11 Å². The number of ketones is 1. The van der Waals surface area contributed by atoms with Crippen molar-refractivity contribution in [2.45, 2.75) is 46.0 Å². The van der Waals surface area contributed by atoms with E-state index in [1.54, 1.807) is 25.1 Å². The smallest absolute Gasteiger partial charge is 0.351 e. The van der Waals surface area contributed by atoms with Gasteiger partial charge >= 0.3 is 11.6 Å². The molecule has 2 aromatic heterocycles. The summed E-state index contributed by atoms with van der Waals surface area (Å²) < 4.78 is 15.8. The van der Waals surface area contributed by atoms with Crippen LogP contribution < -0.4 is 10.4 Å². The molecule has 0 aliphatic rings. The van der Waals surface area contributed by atoms with E-state index in [2.05, 4.69) is 4.74 Å². The third-order valence-electron chi connectivity index (χ3n) is 5.67. The largest absolute Gasteiger partial charge is 0.507 e. The Morgan fingerprint density at radius 2 is 1.86 bits per heavy atom. The number of hydrogen-bond donors (Lipinski definition) is 1. The molecular formula is C29H30O7S. The molecule has 3 rings (SSSR count). The first-order valence-corrected chi connectivity index (χ1v) is 12.7. The van der Waals surface area contributed by atoms with E-state index in [0.717, 1.165) is 10.4 Å². The van der Waals surface area contributed by atoms with E-state index in [0.29, 0.717) is 29.4 Å². The van der Waals surface area contributed by atoms with Gasteiger partial charge in [-0.25, -0.2) is 4.79 Å². The summed E-state index contributed by atoms with van der Waals surface area (Å²) in [5, 5.41) is 11.2. The Balaban J connectivity index is 1.67. The molecule has 0 saturated carbocycles. The number of benzene rings is 1. The van der Waals surface area contributed by atoms with Gasteiger partial charge in [0.15, 0.2) is 10.8 Å². The number of esters is 1. The number of ether oxygens (including phenoxy) is 2. The Morgan fingerprint density at radius 1 is 1.14 bits per heavy atom. The summed E-state index contributed by atoms with van der Waals surface area (Å²) in [7, 11) is 1.33. The Kier molecular flexibility index (Phi) is 9.63. The molecule has 37 heavy (non-hydrogen) atoms. The SMILES string of the molecule is COC(=O)CC=CCCC(C)c1cc(O)c(C(=O)C(C)=Cc2ccc(Oc3ccc(C)cc3)s2)c(=O)o1. The standard InChI is InChI=1S/C29H30O7S/c1-18-10-12-21(13-11-18)35-26-15-14-22(37-26)16-20(3)28(32)27-23(30)17-24(36-29(27)33)19(2)8-6-5-7-9-25(31)34-4/h5,7,10-17,19,30H,6,8-9H2,1-4H3. The third-order valence-corrected chi connectivity index (χ3v) is 6.58. The highest BCUT2D eigenvalue weighted by atomic mass is 32.1. The van der Waals surface area contributed by atoms with Crippen molar-refractivity contribution in [3.8, 4) is 16.6 Å². The molecule has 8 heteroatoms. The van der Waals surface area contributed by atoms with Crippen LogP contribution in [0.15, 0.2) is 69.4 Å². The van der Waals surface area contributed by atoms with E-state index in [1.807, 2.05) is 50.3 Å². The summed E-state index contributed by atoms with van der Waals surface area (Å²) in [6, 6.07) is 12.6. The first-order chi connectivity index (χ1) is 17.7. The van der Waals surface area contributed by atoms with Crippen LogP contribution in [0.3, 0.4) is 0 Å². The van der Waals surface area contributed by atoms with Crippen LogP contribution in [-0.2, 0) is 9.53 Å². The van der Waals surface area contributed by atoms with E-state index in [1.165, 1.54) is 24.5 Å². The maximum absolute atomic E-state index is 13.0. The lowest BCUT2D eigenvalue weighted by atomic mass is 9.99. The van der Waals surface area contributed by atoms with Gasteiger partial charge in [0.05, 0.1) is 13.5 Å². The molecular weight excluding hydrogens is 492 g/mol. The van der Waals surface area contributed by atoms with E-state index in [9.17, 15) is 19.5 Å². The second kappa shape index (κ2) is 12.9. The second-order valence-electron chi connectivity index (χ2n) is 8.65. The van der Waals surface area contributed by atoms with Crippen LogP contribution in [0.4, 0.5) is 0 Å². The van der Waals surface area contributed by atoms with Crippen molar-refractivity contribution < 1.29 is 28.6 Å². The van der Waals surface area contributed by atoms with Gasteiger partial charge < -0.3 is 19.0 Å². The number of thiophene rings is 1. The van der Waals surface area contributed by atoms with Gasteiger partial charge in [-0.1, -0.05) is 48.1 Å². The lowest BCUT2D eigenvalue weighted by molar-refractivity contribution is -0.139. The maximum atomic E-state index is 13.0. The highest BCUT2D eigenvalue weighted by Gasteiger charge is 2.22. The fourth-order valence-electron chi connectivity index (χ4n) is 3.49. The normalized spacial score (nSPS) is 12.5. The molecule has 1 N–H and O–H groups in total. The third kappa shape index (κ3) is 7.79. The molecule has 2 heterocycles. The molecule has 0 aliphatic heterocycles. The Hall–Kier alpha value is -3.91. The number of rotatable bonds is 11. The van der Waals surface area contributed by atoms with Crippen molar-refractivity contribution in [1.82, 2.24) is 0 Å². The van der Waals surface area contributed by atoms with Gasteiger partial charge in [-0.2, -0.15) is 0 Å². The summed E-state index contributed by atoms with van der Waals surface area (Å²) in [4.78, 5) is 37.5.